The Bertz CT molecular complexity index is 255. The third kappa shape index (κ3) is 1.16. The molecular weight excluding hydrogens is 126 g/mol. The quantitative estimate of drug-likeness (QED) is 0.583. The first-order valence-corrected chi connectivity index (χ1v) is 2.98. The Labute approximate surface area is 59.7 Å². The number of nitrogen functional groups attached to an aromatic ring is 1. The molecule has 2 heteroatoms. The number of nitrogens with two attached hydrogens (primary N) is 1. The van der Waals surface area contributed by atoms with Gasteiger partial charge in [0.05, 0.1) is 0 Å². The summed E-state index contributed by atoms with van der Waals surface area (Å²) < 4.78 is 0. The molecule has 0 aromatic heterocycles. The molecule has 0 saturated carbocycles. The molecule has 1 aromatic rings. The first-order valence-electron chi connectivity index (χ1n) is 2.98. The highest BCUT2D eigenvalue weighted by Crippen LogP contribution is 2.10. The second kappa shape index (κ2) is 2.52. The molecule has 0 fully saturated rings. The summed E-state index contributed by atoms with van der Waals surface area (Å²) in [7, 11) is 0. The molecule has 0 bridgehead atoms. The Morgan fingerprint density at radius 1 is 1.50 bits per heavy atom. The van der Waals surface area contributed by atoms with E-state index < -0.39 is 0 Å². The molecule has 0 aliphatic rings. The monoisotopic (exact) mass is 134 g/mol. The van der Waals surface area contributed by atoms with Crippen LogP contribution in [0.1, 0.15) is 11.1 Å². The van der Waals surface area contributed by atoms with E-state index in [0.29, 0.717) is 11.3 Å². The highest BCUT2D eigenvalue weighted by molar-refractivity contribution is 5.83. The van der Waals surface area contributed by atoms with Crippen LogP contribution in [0.15, 0.2) is 18.2 Å². The Kier molecular flexibility index (Phi) is 1.71. The van der Waals surface area contributed by atoms with Gasteiger partial charge in [0.25, 0.3) is 0 Å². The Morgan fingerprint density at radius 3 is 2.70 bits per heavy atom. The summed E-state index contributed by atoms with van der Waals surface area (Å²) in [5.41, 5.74) is 7.45. The van der Waals surface area contributed by atoms with Gasteiger partial charge >= 0.3 is 0 Å². The van der Waals surface area contributed by atoms with Crippen molar-refractivity contribution in [3.05, 3.63) is 29.3 Å². The fraction of sp³-hybridized carbons (Fsp3) is 0.125. The lowest BCUT2D eigenvalue weighted by molar-refractivity contribution is 0.563. The highest BCUT2D eigenvalue weighted by Gasteiger charge is 1.95. The summed E-state index contributed by atoms with van der Waals surface area (Å²) in [6.45, 7) is 1.92. The molecule has 1 rings (SSSR count). The zero-order chi connectivity index (χ0) is 7.56. The average Bonchev–Trinajstić information content (AvgIpc) is 1.88. The maximum atomic E-state index is 10.1. The van der Waals surface area contributed by atoms with Gasteiger partial charge in [0.2, 0.25) is 6.29 Å². The minimum absolute atomic E-state index is 0.436. The molecule has 0 aliphatic carbocycles. The zero-order valence-electron chi connectivity index (χ0n) is 5.72. The van der Waals surface area contributed by atoms with Gasteiger partial charge < -0.3 is 5.73 Å². The number of hydrogen-bond donors (Lipinski definition) is 1. The maximum Gasteiger partial charge on any atom is 0.235 e. The van der Waals surface area contributed by atoms with Crippen molar-refractivity contribution in [2.75, 3.05) is 5.73 Å². The van der Waals surface area contributed by atoms with E-state index in [1.54, 1.807) is 18.4 Å². The predicted molar refractivity (Wildman–Crippen MR) is 40.4 cm³/mol. The lowest BCUT2D eigenvalue weighted by atomic mass is 10.1. The van der Waals surface area contributed by atoms with E-state index in [-0.39, 0.29) is 0 Å². The summed E-state index contributed by atoms with van der Waals surface area (Å²) in [5.74, 6) is 0. The van der Waals surface area contributed by atoms with Crippen LogP contribution in [0.4, 0.5) is 5.69 Å². The number of anilines is 1. The number of hydrogen-bond acceptors (Lipinski definition) is 2. The molecule has 2 nitrogen and oxygen atoms in total. The SMILES string of the molecule is Cc1ccc([C]=O)c(N)c1. The largest absolute Gasteiger partial charge is 0.398 e. The molecule has 0 heterocycles. The first-order chi connectivity index (χ1) is 4.74. The van der Waals surface area contributed by atoms with Gasteiger partial charge in [-0.15, -0.1) is 0 Å². The van der Waals surface area contributed by atoms with Crippen LogP contribution in [0.5, 0.6) is 0 Å². The fourth-order valence-electron chi connectivity index (χ4n) is 0.775. The van der Waals surface area contributed by atoms with Crippen LogP contribution >= 0.6 is 0 Å². The van der Waals surface area contributed by atoms with Gasteiger partial charge in [0, 0.05) is 11.3 Å². The van der Waals surface area contributed by atoms with Gasteiger partial charge in [-0.25, -0.2) is 0 Å². The molecule has 0 atom stereocenters. The predicted octanol–water partition coefficient (Wildman–Crippen LogP) is 1.04. The van der Waals surface area contributed by atoms with Gasteiger partial charge in [-0.05, 0) is 24.6 Å². The summed E-state index contributed by atoms with van der Waals surface area (Å²) in [5, 5.41) is 0. The number of benzene rings is 1. The van der Waals surface area contributed by atoms with E-state index in [1.165, 1.54) is 0 Å². The summed E-state index contributed by atoms with van der Waals surface area (Å²) in [4.78, 5) is 10.1. The molecule has 0 spiro atoms. The normalized spacial score (nSPS) is 9.30. The first kappa shape index (κ1) is 6.81. The lowest BCUT2D eigenvalue weighted by Gasteiger charge is -1.96. The van der Waals surface area contributed by atoms with Crippen molar-refractivity contribution in [1.29, 1.82) is 0 Å². The van der Waals surface area contributed by atoms with Crippen LogP contribution in [-0.2, 0) is 4.79 Å². The van der Waals surface area contributed by atoms with Crippen LogP contribution in [0, 0.1) is 6.92 Å². The van der Waals surface area contributed by atoms with E-state index in [0.717, 1.165) is 5.56 Å². The van der Waals surface area contributed by atoms with Gasteiger partial charge in [0.15, 0.2) is 0 Å². The van der Waals surface area contributed by atoms with E-state index >= 15 is 0 Å². The van der Waals surface area contributed by atoms with Crippen LogP contribution in [0.3, 0.4) is 0 Å². The molecule has 2 N–H and O–H groups in total. The Morgan fingerprint density at radius 2 is 2.20 bits per heavy atom. The number of rotatable bonds is 1. The minimum atomic E-state index is 0.436. The van der Waals surface area contributed by atoms with Crippen molar-refractivity contribution in [3.8, 4) is 0 Å². The van der Waals surface area contributed by atoms with E-state index in [1.807, 2.05) is 13.0 Å². The molecule has 0 saturated heterocycles. The van der Waals surface area contributed by atoms with Crippen molar-refractivity contribution >= 4 is 12.0 Å². The molecule has 0 amide bonds. The van der Waals surface area contributed by atoms with Crippen LogP contribution in [-0.4, -0.2) is 6.29 Å². The van der Waals surface area contributed by atoms with Crippen molar-refractivity contribution in [2.24, 2.45) is 0 Å². The molecule has 1 radical (unpaired) electrons. The fourth-order valence-corrected chi connectivity index (χ4v) is 0.775. The molecule has 10 heavy (non-hydrogen) atoms. The average molecular weight is 134 g/mol. The third-order valence-electron chi connectivity index (χ3n) is 1.32. The number of aryl methyl sites for hydroxylation is 1. The van der Waals surface area contributed by atoms with Crippen molar-refractivity contribution < 1.29 is 4.79 Å². The Hall–Kier alpha value is -1.31. The summed E-state index contributed by atoms with van der Waals surface area (Å²) in [6.07, 6.45) is 1.75. The van der Waals surface area contributed by atoms with Gasteiger partial charge in [-0.2, -0.15) is 0 Å². The smallest absolute Gasteiger partial charge is 0.235 e. The van der Waals surface area contributed by atoms with Gasteiger partial charge in [-0.3, -0.25) is 4.79 Å². The minimum Gasteiger partial charge on any atom is -0.398 e. The topological polar surface area (TPSA) is 43.1 Å². The molecule has 1 aromatic carbocycles. The van der Waals surface area contributed by atoms with E-state index in [4.69, 9.17) is 5.73 Å². The van der Waals surface area contributed by atoms with Crippen molar-refractivity contribution in [2.45, 2.75) is 6.92 Å². The maximum absolute atomic E-state index is 10.1. The third-order valence-corrected chi connectivity index (χ3v) is 1.32. The number of carbonyl (C=O) groups excluding carboxylic acids is 1. The second-order valence-corrected chi connectivity index (χ2v) is 2.19. The van der Waals surface area contributed by atoms with Crippen molar-refractivity contribution in [3.63, 3.8) is 0 Å². The second-order valence-electron chi connectivity index (χ2n) is 2.19. The van der Waals surface area contributed by atoms with Gasteiger partial charge in [-0.1, -0.05) is 6.07 Å². The molecular formula is C8H8NO. The van der Waals surface area contributed by atoms with Crippen LogP contribution < -0.4 is 5.73 Å². The summed E-state index contributed by atoms with van der Waals surface area (Å²) in [6, 6.07) is 5.24. The lowest BCUT2D eigenvalue weighted by Crippen LogP contribution is -1.92. The van der Waals surface area contributed by atoms with E-state index in [9.17, 15) is 4.79 Å². The van der Waals surface area contributed by atoms with E-state index in [2.05, 4.69) is 0 Å². The van der Waals surface area contributed by atoms with Crippen molar-refractivity contribution in [1.82, 2.24) is 0 Å². The van der Waals surface area contributed by atoms with Gasteiger partial charge in [0.1, 0.15) is 0 Å². The van der Waals surface area contributed by atoms with Crippen LogP contribution in [0.2, 0.25) is 0 Å². The summed E-state index contributed by atoms with van der Waals surface area (Å²) >= 11 is 0. The van der Waals surface area contributed by atoms with Crippen LogP contribution in [0.25, 0.3) is 0 Å². The molecule has 51 valence electrons. The molecule has 0 unspecified atom stereocenters. The molecule has 0 aliphatic heterocycles. The highest BCUT2D eigenvalue weighted by atomic mass is 16.1. The standard InChI is InChI=1S/C8H8NO/c1-6-2-3-7(5-10)8(9)4-6/h2-4H,9H2,1H3. The Balaban J connectivity index is 3.19. The zero-order valence-corrected chi connectivity index (χ0v) is 5.72.